The first kappa shape index (κ1) is 20.9. The van der Waals surface area contributed by atoms with Crippen LogP contribution in [0.15, 0.2) is 85.2 Å². The monoisotopic (exact) mass is 428 g/mol. The Balaban J connectivity index is 1.71. The van der Waals surface area contributed by atoms with Crippen LogP contribution in [0.4, 0.5) is 4.39 Å². The minimum Gasteiger partial charge on any atom is -0.314 e. The fourth-order valence-corrected chi connectivity index (χ4v) is 4.97. The number of hydrogen-bond donors (Lipinski definition) is 1. The van der Waals surface area contributed by atoms with Crippen LogP contribution in [0.1, 0.15) is 23.6 Å². The standard InChI is InChI=1S/C27H29FN4/c1-21-8-7-9-22(20-21)25-23(11-17-32(25)24-10-3-6-14-30-24)26(31-18-15-29-16-19-31)27(28)12-4-2-5-13-27/h2-12,14,17,20,26,29H,13,15-16,18-19H2,1H3. The molecule has 1 N–H and O–H groups in total. The lowest BCUT2D eigenvalue weighted by Gasteiger charge is -2.42. The average Bonchev–Trinajstić information content (AvgIpc) is 3.25. The molecule has 4 nitrogen and oxygen atoms in total. The van der Waals surface area contributed by atoms with Gasteiger partial charge >= 0.3 is 0 Å². The van der Waals surface area contributed by atoms with Gasteiger partial charge in [-0.25, -0.2) is 9.37 Å². The van der Waals surface area contributed by atoms with Gasteiger partial charge in [-0.2, -0.15) is 0 Å². The van der Waals surface area contributed by atoms with Crippen molar-refractivity contribution in [3.8, 4) is 17.1 Å². The number of aryl methyl sites for hydroxylation is 1. The van der Waals surface area contributed by atoms with Gasteiger partial charge in [-0.15, -0.1) is 0 Å². The molecule has 5 heteroatoms. The van der Waals surface area contributed by atoms with Gasteiger partial charge < -0.3 is 9.88 Å². The Morgan fingerprint density at radius 1 is 1.06 bits per heavy atom. The Kier molecular flexibility index (Phi) is 5.77. The summed E-state index contributed by atoms with van der Waals surface area (Å²) >= 11 is 0. The number of piperazine rings is 1. The first-order valence-electron chi connectivity index (χ1n) is 11.3. The first-order valence-corrected chi connectivity index (χ1v) is 11.3. The molecule has 1 aromatic carbocycles. The normalized spacial score (nSPS) is 22.2. The lowest BCUT2D eigenvalue weighted by molar-refractivity contribution is 0.0502. The molecule has 3 heterocycles. The van der Waals surface area contributed by atoms with Crippen molar-refractivity contribution < 1.29 is 4.39 Å². The number of allylic oxidation sites excluding steroid dienone is 3. The molecule has 2 unspecified atom stereocenters. The Morgan fingerprint density at radius 2 is 1.94 bits per heavy atom. The molecular formula is C27H29FN4. The van der Waals surface area contributed by atoms with Crippen LogP contribution >= 0.6 is 0 Å². The molecule has 3 aromatic rings. The zero-order valence-electron chi connectivity index (χ0n) is 18.4. The van der Waals surface area contributed by atoms with Gasteiger partial charge in [0.2, 0.25) is 0 Å². The maximum Gasteiger partial charge on any atom is 0.152 e. The van der Waals surface area contributed by atoms with Gasteiger partial charge in [-0.05, 0) is 48.4 Å². The second-order valence-electron chi connectivity index (χ2n) is 8.65. The summed E-state index contributed by atoms with van der Waals surface area (Å²) in [6, 6.07) is 16.1. The summed E-state index contributed by atoms with van der Waals surface area (Å²) in [6.07, 6.45) is 11.7. The number of benzene rings is 1. The lowest BCUT2D eigenvalue weighted by atomic mass is 9.82. The lowest BCUT2D eigenvalue weighted by Crippen LogP contribution is -2.50. The van der Waals surface area contributed by atoms with Crippen molar-refractivity contribution in [2.45, 2.75) is 25.1 Å². The second kappa shape index (κ2) is 8.85. The zero-order chi connectivity index (χ0) is 22.0. The van der Waals surface area contributed by atoms with E-state index in [9.17, 15) is 0 Å². The van der Waals surface area contributed by atoms with E-state index in [0.717, 1.165) is 48.8 Å². The van der Waals surface area contributed by atoms with Gasteiger partial charge in [0.05, 0.1) is 11.7 Å². The molecule has 0 bridgehead atoms. The maximum atomic E-state index is 16.7. The molecule has 0 radical (unpaired) electrons. The molecule has 32 heavy (non-hydrogen) atoms. The first-order chi connectivity index (χ1) is 15.7. The van der Waals surface area contributed by atoms with Crippen LogP contribution in [0.3, 0.4) is 0 Å². The minimum atomic E-state index is -1.47. The molecule has 0 spiro atoms. The van der Waals surface area contributed by atoms with Crippen LogP contribution in [0, 0.1) is 6.92 Å². The summed E-state index contributed by atoms with van der Waals surface area (Å²) in [5, 5.41) is 3.41. The van der Waals surface area contributed by atoms with E-state index in [0.29, 0.717) is 6.42 Å². The van der Waals surface area contributed by atoms with Crippen LogP contribution in [0.5, 0.6) is 0 Å². The summed E-state index contributed by atoms with van der Waals surface area (Å²) in [6.45, 7) is 5.46. The SMILES string of the molecule is Cc1cccc(-c2c(C(N3CCNCC3)C3(F)C=CC=CC3)ccn2-c2ccccn2)c1. The summed E-state index contributed by atoms with van der Waals surface area (Å²) in [5.74, 6) is 0.835. The third-order valence-corrected chi connectivity index (χ3v) is 6.42. The summed E-state index contributed by atoms with van der Waals surface area (Å²) in [7, 11) is 0. The van der Waals surface area contributed by atoms with Crippen molar-refractivity contribution in [2.24, 2.45) is 0 Å². The molecule has 1 fully saturated rings. The van der Waals surface area contributed by atoms with Crippen molar-refractivity contribution in [3.63, 3.8) is 0 Å². The number of alkyl halides is 1. The average molecular weight is 429 g/mol. The highest BCUT2D eigenvalue weighted by atomic mass is 19.1. The predicted octanol–water partition coefficient (Wildman–Crippen LogP) is 5.02. The quantitative estimate of drug-likeness (QED) is 0.620. The van der Waals surface area contributed by atoms with Gasteiger partial charge in [0.1, 0.15) is 5.82 Å². The summed E-state index contributed by atoms with van der Waals surface area (Å²) < 4.78 is 18.8. The Labute approximate surface area is 189 Å². The van der Waals surface area contributed by atoms with Gasteiger partial charge in [0.15, 0.2) is 5.67 Å². The largest absolute Gasteiger partial charge is 0.314 e. The molecule has 164 valence electrons. The van der Waals surface area contributed by atoms with E-state index in [2.05, 4.69) is 57.0 Å². The van der Waals surface area contributed by atoms with E-state index in [1.165, 1.54) is 5.56 Å². The van der Waals surface area contributed by atoms with Crippen LogP contribution < -0.4 is 5.32 Å². The highest BCUT2D eigenvalue weighted by Gasteiger charge is 2.43. The van der Waals surface area contributed by atoms with Crippen molar-refractivity contribution in [3.05, 3.63) is 96.4 Å². The highest BCUT2D eigenvalue weighted by molar-refractivity contribution is 5.68. The molecule has 0 saturated carbocycles. The van der Waals surface area contributed by atoms with Crippen LogP contribution in [0.2, 0.25) is 0 Å². The third kappa shape index (κ3) is 3.94. The number of hydrogen-bond acceptors (Lipinski definition) is 3. The molecule has 2 atom stereocenters. The van der Waals surface area contributed by atoms with Gasteiger partial charge in [-0.3, -0.25) is 4.90 Å². The number of nitrogens with zero attached hydrogens (tertiary/aromatic N) is 3. The molecule has 1 aliphatic carbocycles. The van der Waals surface area contributed by atoms with Gasteiger partial charge in [0.25, 0.3) is 0 Å². The summed E-state index contributed by atoms with van der Waals surface area (Å²) in [4.78, 5) is 6.90. The fourth-order valence-electron chi connectivity index (χ4n) is 4.97. The molecule has 1 aliphatic heterocycles. The number of halogens is 1. The van der Waals surface area contributed by atoms with E-state index in [-0.39, 0.29) is 6.04 Å². The zero-order valence-corrected chi connectivity index (χ0v) is 18.4. The Bertz CT molecular complexity index is 1130. The van der Waals surface area contributed by atoms with Gasteiger partial charge in [0, 0.05) is 45.0 Å². The number of aromatic nitrogens is 2. The van der Waals surface area contributed by atoms with Crippen molar-refractivity contribution in [2.75, 3.05) is 26.2 Å². The van der Waals surface area contributed by atoms with Crippen molar-refractivity contribution in [1.82, 2.24) is 19.8 Å². The second-order valence-corrected chi connectivity index (χ2v) is 8.65. The topological polar surface area (TPSA) is 33.1 Å². The van der Waals surface area contributed by atoms with E-state index in [1.807, 2.05) is 42.6 Å². The number of rotatable bonds is 5. The van der Waals surface area contributed by atoms with Crippen LogP contribution in [0.25, 0.3) is 17.1 Å². The Morgan fingerprint density at radius 3 is 2.66 bits per heavy atom. The minimum absolute atomic E-state index is 0.375. The highest BCUT2D eigenvalue weighted by Crippen LogP contribution is 2.45. The van der Waals surface area contributed by atoms with Crippen molar-refractivity contribution >= 4 is 0 Å². The van der Waals surface area contributed by atoms with E-state index in [4.69, 9.17) is 0 Å². The molecule has 5 rings (SSSR count). The fraction of sp³-hybridized carbons (Fsp3) is 0.296. The van der Waals surface area contributed by atoms with E-state index >= 15 is 4.39 Å². The predicted molar refractivity (Wildman–Crippen MR) is 128 cm³/mol. The maximum absolute atomic E-state index is 16.7. The van der Waals surface area contributed by atoms with Crippen LogP contribution in [-0.4, -0.2) is 46.3 Å². The van der Waals surface area contributed by atoms with Gasteiger partial charge in [-0.1, -0.05) is 48.1 Å². The van der Waals surface area contributed by atoms with E-state index < -0.39 is 5.67 Å². The van der Waals surface area contributed by atoms with E-state index in [1.54, 1.807) is 12.3 Å². The van der Waals surface area contributed by atoms with Crippen molar-refractivity contribution in [1.29, 1.82) is 0 Å². The number of pyridine rings is 1. The smallest absolute Gasteiger partial charge is 0.152 e. The Hall–Kier alpha value is -3.02. The number of nitrogens with one attached hydrogen (secondary N) is 1. The molecule has 1 saturated heterocycles. The third-order valence-electron chi connectivity index (χ3n) is 6.42. The summed E-state index contributed by atoms with van der Waals surface area (Å²) in [5.41, 5.74) is 2.80. The van der Waals surface area contributed by atoms with Crippen LogP contribution in [-0.2, 0) is 0 Å². The molecule has 2 aromatic heterocycles. The molecular weight excluding hydrogens is 399 g/mol. The molecule has 2 aliphatic rings. The molecule has 0 amide bonds.